The molecule has 4 rings (SSSR count). The van der Waals surface area contributed by atoms with Crippen LogP contribution in [-0.4, -0.2) is 43.3 Å². The molecule has 0 bridgehead atoms. The van der Waals surface area contributed by atoms with Gasteiger partial charge in [0.15, 0.2) is 0 Å². The number of esters is 1. The Labute approximate surface area is 245 Å². The van der Waals surface area contributed by atoms with Crippen molar-refractivity contribution in [1.82, 2.24) is 0 Å². The number of nitrogens with one attached hydrogen (secondary N) is 1. The predicted octanol–water partition coefficient (Wildman–Crippen LogP) is 4.71. The molecule has 0 unspecified atom stereocenters. The summed E-state index contributed by atoms with van der Waals surface area (Å²) in [5.74, 6) is -0.734. The molecule has 1 heterocycles. The topological polar surface area (TPSA) is 117 Å². The molecule has 0 saturated carbocycles. The fourth-order valence-electron chi connectivity index (χ4n) is 4.60. The third-order valence-electron chi connectivity index (χ3n) is 6.55. The molecule has 0 aliphatic carbocycles. The predicted molar refractivity (Wildman–Crippen MR) is 163 cm³/mol. The van der Waals surface area contributed by atoms with Crippen molar-refractivity contribution in [3.8, 4) is 0 Å². The lowest BCUT2D eigenvalue weighted by Gasteiger charge is -2.31. The number of carbonyl (C=O) groups is 3. The van der Waals surface area contributed by atoms with Gasteiger partial charge in [-0.1, -0.05) is 42.5 Å². The molecule has 3 aromatic rings. The molecule has 1 aliphatic heterocycles. The second-order valence-corrected chi connectivity index (χ2v) is 9.13. The van der Waals surface area contributed by atoms with Crippen LogP contribution in [0.25, 0.3) is 0 Å². The van der Waals surface area contributed by atoms with Gasteiger partial charge in [-0.25, -0.2) is 0 Å². The average Bonchev–Trinajstić information content (AvgIpc) is 2.94. The standard InChI is InChI=1S/C30H32N4O4.HI/c1-2-38-28(36)20-34(30(37)23-7-4-3-5-8-23)25-15-16-26-24(19-25)9-6-18-33(26)27(35)17-12-21-10-13-22(14-11-21)29(31)32;/h3-5,7-8,10-11,13-16,19H,2,6,9,12,17-18,20H2,1H3,(H3,31,32);1H. The quantitative estimate of drug-likeness (QED) is 0.152. The van der Waals surface area contributed by atoms with Crippen molar-refractivity contribution in [1.29, 1.82) is 5.41 Å². The van der Waals surface area contributed by atoms with E-state index in [4.69, 9.17) is 15.9 Å². The van der Waals surface area contributed by atoms with Crippen LogP contribution < -0.4 is 15.5 Å². The van der Waals surface area contributed by atoms with Crippen LogP contribution >= 0.6 is 24.0 Å². The van der Waals surface area contributed by atoms with E-state index in [-0.39, 0.29) is 54.8 Å². The van der Waals surface area contributed by atoms with Crippen molar-refractivity contribution in [2.45, 2.75) is 32.6 Å². The molecule has 0 aromatic heterocycles. The van der Waals surface area contributed by atoms with Gasteiger partial charge in [-0.15, -0.1) is 24.0 Å². The number of hydrogen-bond donors (Lipinski definition) is 2. The summed E-state index contributed by atoms with van der Waals surface area (Å²) in [5.41, 5.74) is 10.0. The van der Waals surface area contributed by atoms with Gasteiger partial charge < -0.3 is 15.4 Å². The molecule has 8 nitrogen and oxygen atoms in total. The maximum absolute atomic E-state index is 13.3. The fourth-order valence-corrected chi connectivity index (χ4v) is 4.60. The van der Waals surface area contributed by atoms with E-state index in [1.807, 2.05) is 30.3 Å². The number of halogens is 1. The number of rotatable bonds is 9. The van der Waals surface area contributed by atoms with Crippen LogP contribution in [-0.2, 0) is 27.2 Å². The van der Waals surface area contributed by atoms with Crippen molar-refractivity contribution in [3.63, 3.8) is 0 Å². The van der Waals surface area contributed by atoms with Gasteiger partial charge >= 0.3 is 5.97 Å². The Morgan fingerprint density at radius 1 is 1.00 bits per heavy atom. The first-order valence-electron chi connectivity index (χ1n) is 12.8. The van der Waals surface area contributed by atoms with Crippen molar-refractivity contribution in [2.75, 3.05) is 29.5 Å². The van der Waals surface area contributed by atoms with Gasteiger partial charge in [0.1, 0.15) is 12.4 Å². The first-order valence-corrected chi connectivity index (χ1v) is 12.8. The van der Waals surface area contributed by atoms with Gasteiger partial charge in [0, 0.05) is 35.5 Å². The number of aryl methyl sites for hydroxylation is 2. The Balaban J connectivity index is 0.00000420. The normalized spacial score (nSPS) is 12.1. The Bertz CT molecular complexity index is 1330. The average molecular weight is 641 g/mol. The van der Waals surface area contributed by atoms with Crippen molar-refractivity contribution in [3.05, 3.63) is 95.1 Å². The van der Waals surface area contributed by atoms with E-state index in [2.05, 4.69) is 0 Å². The molecule has 3 N–H and O–H groups in total. The minimum Gasteiger partial charge on any atom is -0.465 e. The van der Waals surface area contributed by atoms with Crippen LogP contribution in [0.5, 0.6) is 0 Å². The number of amidine groups is 1. The van der Waals surface area contributed by atoms with E-state index in [0.717, 1.165) is 29.7 Å². The molecule has 0 radical (unpaired) electrons. The Hall–Kier alpha value is -3.73. The van der Waals surface area contributed by atoms with E-state index in [0.29, 0.717) is 36.2 Å². The number of hydrogen-bond acceptors (Lipinski definition) is 5. The summed E-state index contributed by atoms with van der Waals surface area (Å²) in [5, 5.41) is 7.51. The van der Waals surface area contributed by atoms with E-state index >= 15 is 0 Å². The summed E-state index contributed by atoms with van der Waals surface area (Å²) >= 11 is 0. The van der Waals surface area contributed by atoms with Gasteiger partial charge in [0.2, 0.25) is 5.91 Å². The van der Waals surface area contributed by atoms with E-state index < -0.39 is 5.97 Å². The van der Waals surface area contributed by atoms with E-state index in [9.17, 15) is 14.4 Å². The van der Waals surface area contributed by atoms with Gasteiger partial charge in [0.25, 0.3) is 5.91 Å². The third-order valence-corrected chi connectivity index (χ3v) is 6.55. The first kappa shape index (κ1) is 29.8. The molecule has 1 aliphatic rings. The van der Waals surface area contributed by atoms with E-state index in [1.54, 1.807) is 54.3 Å². The van der Waals surface area contributed by atoms with Crippen LogP contribution in [0.2, 0.25) is 0 Å². The number of benzene rings is 3. The zero-order valence-corrected chi connectivity index (χ0v) is 24.2. The summed E-state index contributed by atoms with van der Waals surface area (Å²) in [6.45, 7) is 2.39. The molecule has 39 heavy (non-hydrogen) atoms. The Kier molecular flexibility index (Phi) is 10.6. The highest BCUT2D eigenvalue weighted by Crippen LogP contribution is 2.32. The minimum absolute atomic E-state index is 0. The van der Waals surface area contributed by atoms with Gasteiger partial charge in [-0.05, 0) is 67.6 Å². The molecule has 3 aromatic carbocycles. The summed E-state index contributed by atoms with van der Waals surface area (Å²) < 4.78 is 5.12. The number of nitrogens with zero attached hydrogens (tertiary/aromatic N) is 2. The zero-order valence-electron chi connectivity index (χ0n) is 21.9. The van der Waals surface area contributed by atoms with Crippen LogP contribution in [0.1, 0.15) is 46.8 Å². The highest BCUT2D eigenvalue weighted by atomic mass is 127. The largest absolute Gasteiger partial charge is 0.465 e. The van der Waals surface area contributed by atoms with Gasteiger partial charge in [-0.3, -0.25) is 24.7 Å². The molecule has 204 valence electrons. The molecule has 0 fully saturated rings. The minimum atomic E-state index is -0.484. The third kappa shape index (κ3) is 7.44. The summed E-state index contributed by atoms with van der Waals surface area (Å²) in [6.07, 6.45) is 2.51. The number of anilines is 2. The van der Waals surface area contributed by atoms with E-state index in [1.165, 1.54) is 4.90 Å². The first-order chi connectivity index (χ1) is 18.4. The van der Waals surface area contributed by atoms with Crippen molar-refractivity contribution >= 4 is 59.0 Å². The number of fused-ring (bicyclic) bond motifs is 1. The molecule has 0 atom stereocenters. The molecule has 0 spiro atoms. The number of amides is 2. The molecule has 0 saturated heterocycles. The van der Waals surface area contributed by atoms with Crippen molar-refractivity contribution < 1.29 is 19.1 Å². The summed E-state index contributed by atoms with van der Waals surface area (Å²) in [6, 6.07) is 21.7. The van der Waals surface area contributed by atoms with Crippen molar-refractivity contribution in [2.24, 2.45) is 5.73 Å². The summed E-state index contributed by atoms with van der Waals surface area (Å²) in [7, 11) is 0. The second kappa shape index (κ2) is 13.9. The smallest absolute Gasteiger partial charge is 0.326 e. The molecular weight excluding hydrogens is 607 g/mol. The maximum atomic E-state index is 13.3. The lowest BCUT2D eigenvalue weighted by Crippen LogP contribution is -2.38. The van der Waals surface area contributed by atoms with Gasteiger partial charge in [0.05, 0.1) is 6.61 Å². The fraction of sp³-hybridized carbons (Fsp3) is 0.267. The van der Waals surface area contributed by atoms with Crippen LogP contribution in [0.4, 0.5) is 11.4 Å². The number of nitrogens with two attached hydrogens (primary N) is 1. The monoisotopic (exact) mass is 640 g/mol. The Morgan fingerprint density at radius 2 is 1.72 bits per heavy atom. The molecule has 2 amide bonds. The highest BCUT2D eigenvalue weighted by molar-refractivity contribution is 14.0. The maximum Gasteiger partial charge on any atom is 0.326 e. The van der Waals surface area contributed by atoms with Crippen LogP contribution in [0, 0.1) is 5.41 Å². The highest BCUT2D eigenvalue weighted by Gasteiger charge is 2.26. The zero-order chi connectivity index (χ0) is 27.1. The van der Waals surface area contributed by atoms with Gasteiger partial charge in [-0.2, -0.15) is 0 Å². The summed E-state index contributed by atoms with van der Waals surface area (Å²) in [4.78, 5) is 42.1. The molecule has 9 heteroatoms. The lowest BCUT2D eigenvalue weighted by atomic mass is 9.99. The SMILES string of the molecule is CCOC(=O)CN(C(=O)c1ccccc1)c1ccc2c(c1)CCCN2C(=O)CCc1ccc(C(=N)N)cc1.I. The molecular formula is C30H33IN4O4. The lowest BCUT2D eigenvalue weighted by molar-refractivity contribution is -0.141. The number of carbonyl (C=O) groups excluding carboxylic acids is 3. The van der Waals surface area contributed by atoms with Crippen LogP contribution in [0.15, 0.2) is 72.8 Å². The second-order valence-electron chi connectivity index (χ2n) is 9.13. The number of ether oxygens (including phenoxy) is 1. The Morgan fingerprint density at radius 3 is 2.38 bits per heavy atom. The number of nitrogen functional groups attached to an aromatic ring is 1. The van der Waals surface area contributed by atoms with Crippen LogP contribution in [0.3, 0.4) is 0 Å².